The summed E-state index contributed by atoms with van der Waals surface area (Å²) in [6.45, 7) is 1.05. The van der Waals surface area contributed by atoms with E-state index in [2.05, 4.69) is 14.7 Å². The van der Waals surface area contributed by atoms with Crippen LogP contribution in [0.3, 0.4) is 0 Å². The number of benzene rings is 2. The second-order valence-corrected chi connectivity index (χ2v) is 9.34. The van der Waals surface area contributed by atoms with Crippen LogP contribution >= 0.6 is 11.5 Å². The lowest BCUT2D eigenvalue weighted by Gasteiger charge is -2.27. The molecule has 196 valence electrons. The van der Waals surface area contributed by atoms with Crippen LogP contribution in [0.25, 0.3) is 11.4 Å². The van der Waals surface area contributed by atoms with Crippen molar-refractivity contribution < 1.29 is 36.3 Å². The monoisotopic (exact) mass is 540 g/mol. The summed E-state index contributed by atoms with van der Waals surface area (Å²) in [6, 6.07) is 6.12. The lowest BCUT2D eigenvalue weighted by Crippen LogP contribution is -2.41. The van der Waals surface area contributed by atoms with Gasteiger partial charge >= 0.3 is 6.18 Å². The molecule has 2 aromatic carbocycles. The molecule has 13 heteroatoms. The topological polar surface area (TPSA) is 84.4 Å². The van der Waals surface area contributed by atoms with Crippen molar-refractivity contribution in [3.63, 3.8) is 0 Å². The maximum Gasteiger partial charge on any atom is 0.416 e. The highest BCUT2D eigenvalue weighted by molar-refractivity contribution is 7.05. The Bertz CT molecular complexity index is 1290. The summed E-state index contributed by atoms with van der Waals surface area (Å²) in [7, 11) is 1.91. The third-order valence-corrected chi connectivity index (χ3v) is 6.58. The molecule has 2 amide bonds. The van der Waals surface area contributed by atoms with Gasteiger partial charge in [0.15, 0.2) is 22.4 Å². The second kappa shape index (κ2) is 10.9. The van der Waals surface area contributed by atoms with Gasteiger partial charge in [0.25, 0.3) is 5.91 Å². The van der Waals surface area contributed by atoms with Gasteiger partial charge in [-0.15, -0.1) is 0 Å². The van der Waals surface area contributed by atoms with Gasteiger partial charge in [-0.2, -0.15) is 17.5 Å². The van der Waals surface area contributed by atoms with Crippen LogP contribution in [0, 0.1) is 17.6 Å². The standard InChI is InChI=1S/C24H21F5N4O3S/c1-33-10-8-14(9-11-33)22(34)31-23(35)19-16(25)6-7-17(20(19)26)36-12-18-30-21(32-37-18)13-2-4-15(5-3-13)24(27,28)29/h2-7,14H,8-12H2,1H3,(H,31,34,35). The Morgan fingerprint density at radius 1 is 1.11 bits per heavy atom. The quantitative estimate of drug-likeness (QED) is 0.361. The summed E-state index contributed by atoms with van der Waals surface area (Å²) >= 11 is 0.885. The van der Waals surface area contributed by atoms with Gasteiger partial charge in [0.05, 0.1) is 5.56 Å². The molecule has 0 aliphatic carbocycles. The zero-order valence-corrected chi connectivity index (χ0v) is 20.3. The first-order valence-electron chi connectivity index (χ1n) is 11.2. The Hall–Kier alpha value is -3.45. The first-order valence-corrected chi connectivity index (χ1v) is 11.9. The number of halogens is 5. The van der Waals surface area contributed by atoms with Crippen molar-refractivity contribution in [2.45, 2.75) is 25.6 Å². The van der Waals surface area contributed by atoms with E-state index < -0.39 is 52.4 Å². The predicted molar refractivity (Wildman–Crippen MR) is 124 cm³/mol. The fourth-order valence-electron chi connectivity index (χ4n) is 3.78. The molecule has 1 aromatic heterocycles. The largest absolute Gasteiger partial charge is 0.483 e. The predicted octanol–water partition coefficient (Wildman–Crippen LogP) is 4.68. The lowest BCUT2D eigenvalue weighted by atomic mass is 9.96. The molecule has 0 saturated carbocycles. The molecule has 0 spiro atoms. The smallest absolute Gasteiger partial charge is 0.416 e. The average Bonchev–Trinajstić information content (AvgIpc) is 3.32. The van der Waals surface area contributed by atoms with Gasteiger partial charge in [-0.1, -0.05) is 12.1 Å². The van der Waals surface area contributed by atoms with E-state index in [0.29, 0.717) is 31.5 Å². The molecule has 1 aliphatic heterocycles. The third kappa shape index (κ3) is 6.28. The number of nitrogens with zero attached hydrogens (tertiary/aromatic N) is 3. The lowest BCUT2D eigenvalue weighted by molar-refractivity contribution is -0.137. The highest BCUT2D eigenvalue weighted by atomic mass is 32.1. The van der Waals surface area contributed by atoms with Crippen LogP contribution in [-0.2, 0) is 17.6 Å². The van der Waals surface area contributed by atoms with E-state index >= 15 is 0 Å². The van der Waals surface area contributed by atoms with E-state index in [1.165, 1.54) is 12.1 Å². The van der Waals surface area contributed by atoms with Gasteiger partial charge in [-0.25, -0.2) is 13.8 Å². The van der Waals surface area contributed by atoms with Crippen LogP contribution in [0.15, 0.2) is 36.4 Å². The molecule has 1 aliphatic rings. The van der Waals surface area contributed by atoms with Crippen LogP contribution in [-0.4, -0.2) is 46.2 Å². The molecule has 7 nitrogen and oxygen atoms in total. The molecule has 4 rings (SSSR count). The van der Waals surface area contributed by atoms with E-state index in [1.807, 2.05) is 11.9 Å². The highest BCUT2D eigenvalue weighted by Gasteiger charge is 2.30. The van der Waals surface area contributed by atoms with Gasteiger partial charge in [-0.3, -0.25) is 14.9 Å². The number of ether oxygens (including phenoxy) is 1. The number of amides is 2. The fraction of sp³-hybridized carbons (Fsp3) is 0.333. The number of aromatic nitrogens is 2. The van der Waals surface area contributed by atoms with E-state index in [4.69, 9.17) is 4.74 Å². The minimum absolute atomic E-state index is 0.157. The fourth-order valence-corrected chi connectivity index (χ4v) is 4.36. The summed E-state index contributed by atoms with van der Waals surface area (Å²) < 4.78 is 76.9. The van der Waals surface area contributed by atoms with Crippen molar-refractivity contribution in [3.8, 4) is 17.1 Å². The number of carbonyl (C=O) groups is 2. The highest BCUT2D eigenvalue weighted by Crippen LogP contribution is 2.31. The van der Waals surface area contributed by atoms with Gasteiger partial charge < -0.3 is 9.64 Å². The Morgan fingerprint density at radius 3 is 2.43 bits per heavy atom. The summed E-state index contributed by atoms with van der Waals surface area (Å²) in [5.74, 6) is -4.94. The van der Waals surface area contributed by atoms with E-state index in [9.17, 15) is 31.5 Å². The van der Waals surface area contributed by atoms with Gasteiger partial charge in [0, 0.05) is 11.5 Å². The molecule has 1 fully saturated rings. The maximum atomic E-state index is 15.0. The molecule has 37 heavy (non-hydrogen) atoms. The third-order valence-electron chi connectivity index (χ3n) is 5.90. The van der Waals surface area contributed by atoms with Crippen molar-refractivity contribution in [3.05, 3.63) is 64.2 Å². The van der Waals surface area contributed by atoms with Crippen molar-refractivity contribution >= 4 is 23.3 Å². The number of carbonyl (C=O) groups excluding carboxylic acids is 2. The number of hydrogen-bond acceptors (Lipinski definition) is 7. The molecule has 1 saturated heterocycles. The summed E-state index contributed by atoms with van der Waals surface area (Å²) in [5, 5.41) is 2.34. The summed E-state index contributed by atoms with van der Waals surface area (Å²) in [6.07, 6.45) is -3.41. The zero-order valence-electron chi connectivity index (χ0n) is 19.4. The zero-order chi connectivity index (χ0) is 26.7. The number of piperidine rings is 1. The normalized spacial score (nSPS) is 15.0. The van der Waals surface area contributed by atoms with E-state index in [0.717, 1.165) is 35.8 Å². The first-order chi connectivity index (χ1) is 17.5. The Labute approximate surface area is 212 Å². The number of imide groups is 1. The van der Waals surface area contributed by atoms with Crippen molar-refractivity contribution in [2.24, 2.45) is 5.92 Å². The number of hydrogen-bond donors (Lipinski definition) is 1. The van der Waals surface area contributed by atoms with Crippen LogP contribution in [0.4, 0.5) is 22.0 Å². The molecule has 0 unspecified atom stereocenters. The molecule has 1 N–H and O–H groups in total. The Balaban J connectivity index is 1.41. The van der Waals surface area contributed by atoms with Crippen LogP contribution < -0.4 is 10.1 Å². The van der Waals surface area contributed by atoms with Crippen LogP contribution in [0.2, 0.25) is 0 Å². The average molecular weight is 541 g/mol. The second-order valence-electron chi connectivity index (χ2n) is 8.51. The molecule has 0 radical (unpaired) electrons. The Morgan fingerprint density at radius 2 is 1.78 bits per heavy atom. The molecule has 0 bridgehead atoms. The van der Waals surface area contributed by atoms with Gasteiger partial charge in [0.1, 0.15) is 18.0 Å². The minimum atomic E-state index is -4.47. The molecular weight excluding hydrogens is 519 g/mol. The Kier molecular flexibility index (Phi) is 7.83. The van der Waals surface area contributed by atoms with Crippen LogP contribution in [0.5, 0.6) is 5.75 Å². The van der Waals surface area contributed by atoms with E-state index in [1.54, 1.807) is 0 Å². The molecule has 0 atom stereocenters. The first kappa shape index (κ1) is 26.6. The van der Waals surface area contributed by atoms with Crippen molar-refractivity contribution in [2.75, 3.05) is 20.1 Å². The SMILES string of the molecule is CN1CCC(C(=O)NC(=O)c2c(F)ccc(OCc3nc(-c4ccc(C(F)(F)F)cc4)ns3)c2F)CC1. The summed E-state index contributed by atoms with van der Waals surface area (Å²) in [5.41, 5.74) is -1.41. The number of alkyl halides is 3. The van der Waals surface area contributed by atoms with Crippen molar-refractivity contribution in [1.82, 2.24) is 19.6 Å². The minimum Gasteiger partial charge on any atom is -0.483 e. The maximum absolute atomic E-state index is 15.0. The molecule has 3 aromatic rings. The summed E-state index contributed by atoms with van der Waals surface area (Å²) in [4.78, 5) is 31.1. The van der Waals surface area contributed by atoms with Crippen LogP contribution in [0.1, 0.15) is 33.8 Å². The number of nitrogens with one attached hydrogen (secondary N) is 1. The number of rotatable bonds is 6. The number of likely N-dealkylation sites (tertiary alicyclic amines) is 1. The van der Waals surface area contributed by atoms with E-state index in [-0.39, 0.29) is 17.4 Å². The van der Waals surface area contributed by atoms with Gasteiger partial charge in [-0.05, 0) is 68.8 Å². The molecule has 2 heterocycles. The van der Waals surface area contributed by atoms with Gasteiger partial charge in [0.2, 0.25) is 5.91 Å². The van der Waals surface area contributed by atoms with Crippen molar-refractivity contribution in [1.29, 1.82) is 0 Å². The molecular formula is C24H21F5N4O3S.